The first-order valence-corrected chi connectivity index (χ1v) is 6.02. The third-order valence-electron chi connectivity index (χ3n) is 3.33. The van der Waals surface area contributed by atoms with Gasteiger partial charge < -0.3 is 17.8 Å². The number of piperidine rings is 1. The van der Waals surface area contributed by atoms with Gasteiger partial charge in [0.2, 0.25) is 0 Å². The lowest BCUT2D eigenvalue weighted by molar-refractivity contribution is 0.202. The minimum Gasteiger partial charge on any atom is -0.449 e. The molecule has 0 aliphatic carbocycles. The Labute approximate surface area is 99.7 Å². The Hall–Kier alpha value is -0.965. The molecule has 1 aliphatic heterocycles. The van der Waals surface area contributed by atoms with E-state index in [9.17, 15) is 12.9 Å². The Morgan fingerprint density at radius 1 is 1.18 bits per heavy atom. The van der Waals surface area contributed by atoms with Crippen molar-refractivity contribution in [3.63, 3.8) is 0 Å². The van der Waals surface area contributed by atoms with Crippen LogP contribution in [0.15, 0.2) is 30.3 Å². The normalized spacial score (nSPS) is 22.6. The molecule has 1 heterocycles. The number of rotatable bonds is 3. The zero-order chi connectivity index (χ0) is 12.3. The van der Waals surface area contributed by atoms with Gasteiger partial charge in [-0.3, -0.25) is 0 Å². The summed E-state index contributed by atoms with van der Waals surface area (Å²) in [6.07, 6.45) is 0.952. The summed E-state index contributed by atoms with van der Waals surface area (Å²) < 4.78 is 38.1. The van der Waals surface area contributed by atoms with Crippen LogP contribution in [0.2, 0.25) is 5.82 Å². The Kier molecular flexibility index (Phi) is 3.77. The van der Waals surface area contributed by atoms with Crippen LogP contribution in [0.5, 0.6) is 0 Å². The summed E-state index contributed by atoms with van der Waals surface area (Å²) in [6, 6.07) is 9.68. The predicted molar refractivity (Wildman–Crippen MR) is 63.8 cm³/mol. The lowest BCUT2D eigenvalue weighted by atomic mass is 9.68. The summed E-state index contributed by atoms with van der Waals surface area (Å²) in [5.41, 5.74) is 1.09. The van der Waals surface area contributed by atoms with Crippen molar-refractivity contribution in [2.75, 3.05) is 13.1 Å². The summed E-state index contributed by atoms with van der Waals surface area (Å²) in [4.78, 5) is 1.92. The molecule has 0 amide bonds. The zero-order valence-electron chi connectivity index (χ0n) is 9.66. The number of likely N-dealkylation sites (tertiary alicyclic amines) is 1. The maximum Gasteiger partial charge on any atom is 0.482 e. The third kappa shape index (κ3) is 3.50. The fourth-order valence-electron chi connectivity index (χ4n) is 2.39. The predicted octanol–water partition coefficient (Wildman–Crippen LogP) is 3.50. The van der Waals surface area contributed by atoms with Crippen LogP contribution in [0.4, 0.5) is 12.9 Å². The van der Waals surface area contributed by atoms with E-state index in [4.69, 9.17) is 0 Å². The molecule has 0 aromatic heterocycles. The second-order valence-corrected chi connectivity index (χ2v) is 4.75. The molecule has 1 aromatic carbocycles. The minimum absolute atomic E-state index is 0.165. The lowest BCUT2D eigenvalue weighted by Crippen LogP contribution is -2.40. The number of hydrogen-bond donors (Lipinski definition) is 0. The maximum atomic E-state index is 12.7. The molecule has 1 fully saturated rings. The molecule has 94 valence electrons. The second kappa shape index (κ2) is 5.13. The van der Waals surface area contributed by atoms with Crippen molar-refractivity contribution < 1.29 is 12.9 Å². The average molecular weight is 242 g/mol. The van der Waals surface area contributed by atoms with Gasteiger partial charge in [-0.05, 0) is 25.1 Å². The molecular weight excluding hydrogens is 226 g/mol. The molecule has 0 saturated carbocycles. The van der Waals surface area contributed by atoms with E-state index < -0.39 is 12.8 Å². The van der Waals surface area contributed by atoms with Gasteiger partial charge in [0.05, 0.1) is 0 Å². The molecule has 0 spiro atoms. The third-order valence-corrected chi connectivity index (χ3v) is 3.33. The molecule has 0 bridgehead atoms. The highest BCUT2D eigenvalue weighted by Gasteiger charge is 2.37. The molecule has 1 nitrogen and oxygen atoms in total. The molecule has 1 saturated heterocycles. The lowest BCUT2D eigenvalue weighted by Gasteiger charge is -2.37. The van der Waals surface area contributed by atoms with E-state index >= 15 is 0 Å². The number of benzene rings is 1. The summed E-state index contributed by atoms with van der Waals surface area (Å²) in [7, 11) is 0. The summed E-state index contributed by atoms with van der Waals surface area (Å²) in [5.74, 6) is -1.09. The number of nitrogens with zero attached hydrogens (tertiary/aromatic N) is 1. The van der Waals surface area contributed by atoms with E-state index in [1.165, 1.54) is 0 Å². The molecular formula is C12H16BF3N-. The molecule has 17 heavy (non-hydrogen) atoms. The largest absolute Gasteiger partial charge is 0.482 e. The van der Waals surface area contributed by atoms with E-state index in [1.54, 1.807) is 0 Å². The summed E-state index contributed by atoms with van der Waals surface area (Å²) in [6.45, 7) is -3.11. The fraction of sp³-hybridized carbons (Fsp3) is 0.500. The number of hydrogen-bond acceptors (Lipinski definition) is 1. The van der Waals surface area contributed by atoms with Crippen LogP contribution in [0, 0.1) is 0 Å². The summed E-state index contributed by atoms with van der Waals surface area (Å²) in [5, 5.41) is 0. The van der Waals surface area contributed by atoms with Crippen molar-refractivity contribution in [1.82, 2.24) is 4.90 Å². The fourth-order valence-corrected chi connectivity index (χ4v) is 2.39. The van der Waals surface area contributed by atoms with Gasteiger partial charge in [0.25, 0.3) is 0 Å². The molecule has 0 radical (unpaired) electrons. The van der Waals surface area contributed by atoms with Gasteiger partial charge in [-0.15, -0.1) is 0 Å². The first-order valence-electron chi connectivity index (χ1n) is 6.02. The number of halogens is 3. The van der Waals surface area contributed by atoms with E-state index in [1.807, 2.05) is 35.2 Å². The second-order valence-electron chi connectivity index (χ2n) is 4.75. The van der Waals surface area contributed by atoms with Crippen molar-refractivity contribution in [1.29, 1.82) is 0 Å². The first kappa shape index (κ1) is 12.5. The molecule has 1 unspecified atom stereocenters. The summed E-state index contributed by atoms with van der Waals surface area (Å²) >= 11 is 0. The Morgan fingerprint density at radius 2 is 1.88 bits per heavy atom. The van der Waals surface area contributed by atoms with Gasteiger partial charge in [0, 0.05) is 6.54 Å². The van der Waals surface area contributed by atoms with Crippen LogP contribution >= 0.6 is 0 Å². The quantitative estimate of drug-likeness (QED) is 0.733. The molecule has 5 heteroatoms. The molecule has 2 rings (SSSR count). The van der Waals surface area contributed by atoms with Gasteiger partial charge in [0.15, 0.2) is 0 Å². The van der Waals surface area contributed by atoms with Crippen LogP contribution in [-0.2, 0) is 6.54 Å². The van der Waals surface area contributed by atoms with Crippen molar-refractivity contribution in [2.45, 2.75) is 25.2 Å². The maximum absolute atomic E-state index is 12.7. The average Bonchev–Trinajstić information content (AvgIpc) is 2.29. The van der Waals surface area contributed by atoms with Crippen molar-refractivity contribution in [2.24, 2.45) is 0 Å². The Morgan fingerprint density at radius 3 is 2.53 bits per heavy atom. The van der Waals surface area contributed by atoms with E-state index in [0.29, 0.717) is 19.4 Å². The molecule has 1 aliphatic rings. The van der Waals surface area contributed by atoms with E-state index in [0.717, 1.165) is 12.1 Å². The van der Waals surface area contributed by atoms with E-state index in [-0.39, 0.29) is 6.54 Å². The van der Waals surface area contributed by atoms with Crippen LogP contribution in [0.3, 0.4) is 0 Å². The van der Waals surface area contributed by atoms with Crippen LogP contribution < -0.4 is 0 Å². The van der Waals surface area contributed by atoms with Gasteiger partial charge in [-0.25, -0.2) is 0 Å². The van der Waals surface area contributed by atoms with Crippen molar-refractivity contribution >= 4 is 6.98 Å². The Balaban J connectivity index is 1.94. The highest BCUT2D eigenvalue weighted by Crippen LogP contribution is 2.34. The zero-order valence-corrected chi connectivity index (χ0v) is 9.66. The standard InChI is InChI=1S/C12H16BF3N/c14-13(15,16)12-7-4-8-17(10-12)9-11-5-2-1-3-6-11/h1-3,5-6,12H,4,7-10H2/q-1. The Bertz CT molecular complexity index is 353. The van der Waals surface area contributed by atoms with Gasteiger partial charge in [-0.2, -0.15) is 0 Å². The molecule has 1 aromatic rings. The molecule has 1 atom stereocenters. The van der Waals surface area contributed by atoms with Gasteiger partial charge >= 0.3 is 6.98 Å². The first-order chi connectivity index (χ1) is 8.05. The van der Waals surface area contributed by atoms with Gasteiger partial charge in [-0.1, -0.05) is 42.6 Å². The van der Waals surface area contributed by atoms with Crippen molar-refractivity contribution in [3.05, 3.63) is 35.9 Å². The van der Waals surface area contributed by atoms with Crippen LogP contribution in [-0.4, -0.2) is 25.0 Å². The molecule has 0 N–H and O–H groups in total. The highest BCUT2D eigenvalue weighted by atomic mass is 19.4. The smallest absolute Gasteiger partial charge is 0.449 e. The van der Waals surface area contributed by atoms with E-state index in [2.05, 4.69) is 0 Å². The highest BCUT2D eigenvalue weighted by molar-refractivity contribution is 6.60. The van der Waals surface area contributed by atoms with Crippen LogP contribution in [0.1, 0.15) is 18.4 Å². The van der Waals surface area contributed by atoms with Gasteiger partial charge in [0.1, 0.15) is 0 Å². The topological polar surface area (TPSA) is 3.24 Å². The monoisotopic (exact) mass is 242 g/mol. The van der Waals surface area contributed by atoms with Crippen molar-refractivity contribution in [3.8, 4) is 0 Å². The SMILES string of the molecule is F[B-](F)(F)C1CCCN(Cc2ccccc2)C1. The van der Waals surface area contributed by atoms with Crippen LogP contribution in [0.25, 0.3) is 0 Å². The minimum atomic E-state index is -4.68.